The van der Waals surface area contributed by atoms with Crippen LogP contribution in [0.4, 0.5) is 4.39 Å². The third-order valence-corrected chi connectivity index (χ3v) is 7.63. The van der Waals surface area contributed by atoms with Crippen molar-refractivity contribution < 1.29 is 9.18 Å². The summed E-state index contributed by atoms with van der Waals surface area (Å²) in [6.07, 6.45) is 3.30. The van der Waals surface area contributed by atoms with Crippen LogP contribution in [0.3, 0.4) is 0 Å². The Morgan fingerprint density at radius 2 is 1.66 bits per heavy atom. The van der Waals surface area contributed by atoms with Gasteiger partial charge < -0.3 is 4.90 Å². The number of carbonyl (C=O) groups excluding carboxylic acids is 1. The van der Waals surface area contributed by atoms with Crippen LogP contribution < -0.4 is 5.43 Å². The van der Waals surface area contributed by atoms with Gasteiger partial charge in [0.2, 0.25) is 5.43 Å². The Labute approximate surface area is 222 Å². The molecule has 0 N–H and O–H groups in total. The van der Waals surface area contributed by atoms with E-state index >= 15 is 4.39 Å². The SMILES string of the molecule is Cc1cn(Cc2ccccc2)nc(C(=O)N2CCC[C@@H]2[C@H](C)[C@H](c2ccccc2)c2ccccc2F)c1=O. The number of rotatable bonds is 7. The molecule has 0 bridgehead atoms. The lowest BCUT2D eigenvalue weighted by Crippen LogP contribution is -2.44. The van der Waals surface area contributed by atoms with Gasteiger partial charge in [-0.25, -0.2) is 4.39 Å². The van der Waals surface area contributed by atoms with E-state index in [1.54, 1.807) is 28.8 Å². The van der Waals surface area contributed by atoms with Gasteiger partial charge >= 0.3 is 0 Å². The van der Waals surface area contributed by atoms with E-state index in [0.29, 0.717) is 24.2 Å². The minimum Gasteiger partial charge on any atom is -0.334 e. The van der Waals surface area contributed by atoms with Crippen molar-refractivity contribution in [3.63, 3.8) is 0 Å². The molecule has 3 atom stereocenters. The number of amides is 1. The highest BCUT2D eigenvalue weighted by Gasteiger charge is 2.39. The van der Waals surface area contributed by atoms with E-state index in [0.717, 1.165) is 24.0 Å². The monoisotopic (exact) mass is 509 g/mol. The summed E-state index contributed by atoms with van der Waals surface area (Å²) in [7, 11) is 0. The molecule has 0 spiro atoms. The van der Waals surface area contributed by atoms with Gasteiger partial charge in [0.1, 0.15) is 5.82 Å². The fraction of sp³-hybridized carbons (Fsp3) is 0.281. The second kappa shape index (κ2) is 11.1. The van der Waals surface area contributed by atoms with Crippen LogP contribution in [0.15, 0.2) is 95.9 Å². The van der Waals surface area contributed by atoms with Crippen molar-refractivity contribution in [3.05, 3.63) is 135 Å². The molecule has 194 valence electrons. The Morgan fingerprint density at radius 1 is 1.00 bits per heavy atom. The van der Waals surface area contributed by atoms with Gasteiger partial charge in [-0.1, -0.05) is 85.8 Å². The summed E-state index contributed by atoms with van der Waals surface area (Å²) in [6, 6.07) is 26.4. The maximum absolute atomic E-state index is 15.1. The van der Waals surface area contributed by atoms with Gasteiger partial charge in [-0.3, -0.25) is 14.3 Å². The Balaban J connectivity index is 1.48. The average Bonchev–Trinajstić information content (AvgIpc) is 3.43. The number of aromatic nitrogens is 2. The predicted molar refractivity (Wildman–Crippen MR) is 147 cm³/mol. The van der Waals surface area contributed by atoms with E-state index in [-0.39, 0.29) is 40.7 Å². The molecule has 1 aromatic heterocycles. The highest BCUT2D eigenvalue weighted by molar-refractivity contribution is 5.92. The molecule has 0 saturated carbocycles. The first-order valence-corrected chi connectivity index (χ1v) is 13.2. The minimum absolute atomic E-state index is 0.0535. The quantitative estimate of drug-likeness (QED) is 0.316. The molecule has 1 aliphatic rings. The number of aryl methyl sites for hydroxylation is 1. The second-order valence-corrected chi connectivity index (χ2v) is 10.2. The Kier molecular flexibility index (Phi) is 7.50. The third-order valence-electron chi connectivity index (χ3n) is 7.63. The standard InChI is InChI=1S/C32H32FN3O2/c1-22-20-35(21-24-12-5-3-6-13-24)34-30(31(22)37)32(38)36-19-11-18-28(36)23(2)29(25-14-7-4-8-15-25)26-16-9-10-17-27(26)33/h3-10,12-17,20,23,28-29H,11,18-19,21H2,1-2H3/t23-,28+,29+/m0/s1. The van der Waals surface area contributed by atoms with Crippen molar-refractivity contribution in [1.82, 2.24) is 14.7 Å². The van der Waals surface area contributed by atoms with Crippen molar-refractivity contribution in [1.29, 1.82) is 0 Å². The van der Waals surface area contributed by atoms with Crippen LogP contribution in [-0.2, 0) is 6.54 Å². The van der Waals surface area contributed by atoms with Crippen LogP contribution in [0.2, 0.25) is 0 Å². The van der Waals surface area contributed by atoms with Gasteiger partial charge in [0.15, 0.2) is 5.69 Å². The summed E-state index contributed by atoms with van der Waals surface area (Å²) >= 11 is 0. The van der Waals surface area contributed by atoms with Crippen LogP contribution >= 0.6 is 0 Å². The van der Waals surface area contributed by atoms with Crippen LogP contribution in [0, 0.1) is 18.7 Å². The van der Waals surface area contributed by atoms with E-state index in [4.69, 9.17) is 0 Å². The largest absolute Gasteiger partial charge is 0.334 e. The molecule has 0 aliphatic carbocycles. The molecule has 0 radical (unpaired) electrons. The van der Waals surface area contributed by atoms with Crippen LogP contribution in [-0.4, -0.2) is 33.2 Å². The molecule has 3 aromatic carbocycles. The number of halogens is 1. The summed E-state index contributed by atoms with van der Waals surface area (Å²) in [5.41, 5.74) is 2.74. The van der Waals surface area contributed by atoms with Gasteiger partial charge in [-0.15, -0.1) is 0 Å². The molecule has 1 fully saturated rings. The molecule has 4 aromatic rings. The molecule has 1 aliphatic heterocycles. The molecule has 2 heterocycles. The average molecular weight is 510 g/mol. The number of likely N-dealkylation sites (tertiary alicyclic amines) is 1. The van der Waals surface area contributed by atoms with Crippen LogP contribution in [0.25, 0.3) is 0 Å². The highest BCUT2D eigenvalue weighted by Crippen LogP contribution is 2.39. The van der Waals surface area contributed by atoms with E-state index in [2.05, 4.69) is 12.0 Å². The van der Waals surface area contributed by atoms with Gasteiger partial charge in [-0.2, -0.15) is 5.10 Å². The molecule has 6 heteroatoms. The maximum atomic E-state index is 15.1. The zero-order chi connectivity index (χ0) is 26.6. The van der Waals surface area contributed by atoms with Crippen LogP contribution in [0.5, 0.6) is 0 Å². The van der Waals surface area contributed by atoms with E-state index < -0.39 is 0 Å². The zero-order valence-electron chi connectivity index (χ0n) is 21.8. The molecule has 1 saturated heterocycles. The van der Waals surface area contributed by atoms with Gasteiger partial charge in [0.25, 0.3) is 5.91 Å². The first-order chi connectivity index (χ1) is 18.4. The number of hydrogen-bond donors (Lipinski definition) is 0. The molecule has 0 unspecified atom stereocenters. The normalized spacial score (nSPS) is 16.8. The molecular formula is C32H32FN3O2. The fourth-order valence-corrected chi connectivity index (χ4v) is 5.77. The van der Waals surface area contributed by atoms with Gasteiger partial charge in [0.05, 0.1) is 6.54 Å². The van der Waals surface area contributed by atoms with Crippen molar-refractivity contribution in [3.8, 4) is 0 Å². The second-order valence-electron chi connectivity index (χ2n) is 10.2. The molecule has 1 amide bonds. The predicted octanol–water partition coefficient (Wildman–Crippen LogP) is 5.81. The molecule has 38 heavy (non-hydrogen) atoms. The Bertz CT molecular complexity index is 1470. The summed E-state index contributed by atoms with van der Waals surface area (Å²) in [5, 5.41) is 4.49. The highest BCUT2D eigenvalue weighted by atomic mass is 19.1. The summed E-state index contributed by atoms with van der Waals surface area (Å²) in [6.45, 7) is 4.81. The van der Waals surface area contributed by atoms with Gasteiger partial charge in [0, 0.05) is 30.3 Å². The van der Waals surface area contributed by atoms with E-state index in [1.165, 1.54) is 6.07 Å². The Hall–Kier alpha value is -4.06. The van der Waals surface area contributed by atoms with Gasteiger partial charge in [-0.05, 0) is 48.4 Å². The number of carbonyl (C=O) groups is 1. The van der Waals surface area contributed by atoms with Crippen molar-refractivity contribution >= 4 is 5.91 Å². The first kappa shape index (κ1) is 25.6. The minimum atomic E-state index is -0.352. The summed E-state index contributed by atoms with van der Waals surface area (Å²) < 4.78 is 16.7. The summed E-state index contributed by atoms with van der Waals surface area (Å²) in [5.74, 6) is -0.934. The first-order valence-electron chi connectivity index (χ1n) is 13.2. The Morgan fingerprint density at radius 3 is 2.37 bits per heavy atom. The number of benzene rings is 3. The molecular weight excluding hydrogens is 477 g/mol. The van der Waals surface area contributed by atoms with Crippen molar-refractivity contribution in [2.45, 2.75) is 45.2 Å². The lowest BCUT2D eigenvalue weighted by atomic mass is 9.77. The smallest absolute Gasteiger partial charge is 0.278 e. The number of hydrogen-bond acceptors (Lipinski definition) is 3. The van der Waals surface area contributed by atoms with Crippen LogP contribution in [0.1, 0.15) is 58.4 Å². The molecule has 5 rings (SSSR count). The van der Waals surface area contributed by atoms with Crippen molar-refractivity contribution in [2.24, 2.45) is 5.92 Å². The lowest BCUT2D eigenvalue weighted by molar-refractivity contribution is 0.0675. The topological polar surface area (TPSA) is 55.2 Å². The maximum Gasteiger partial charge on any atom is 0.278 e. The summed E-state index contributed by atoms with van der Waals surface area (Å²) in [4.78, 5) is 28.8. The zero-order valence-corrected chi connectivity index (χ0v) is 21.8. The van der Waals surface area contributed by atoms with E-state index in [9.17, 15) is 9.59 Å². The van der Waals surface area contributed by atoms with Crippen molar-refractivity contribution in [2.75, 3.05) is 6.54 Å². The number of nitrogens with zero attached hydrogens (tertiary/aromatic N) is 3. The lowest BCUT2D eigenvalue weighted by Gasteiger charge is -2.35. The third kappa shape index (κ3) is 5.17. The molecule has 5 nitrogen and oxygen atoms in total. The fourth-order valence-electron chi connectivity index (χ4n) is 5.77. The van der Waals surface area contributed by atoms with E-state index in [1.807, 2.05) is 72.8 Å².